The maximum atomic E-state index is 12.1. The molecule has 2 rings (SSSR count). The maximum Gasteiger partial charge on any atom is 0.315 e. The Morgan fingerprint density at radius 1 is 1.26 bits per heavy atom. The molecule has 3 amide bonds. The predicted octanol–water partition coefficient (Wildman–Crippen LogP) is 3.59. The zero-order valence-corrected chi connectivity index (χ0v) is 16.8. The van der Waals surface area contributed by atoms with Crippen LogP contribution in [0, 0.1) is 0 Å². The van der Waals surface area contributed by atoms with E-state index in [2.05, 4.69) is 10.6 Å². The van der Waals surface area contributed by atoms with Gasteiger partial charge in [-0.15, -0.1) is 0 Å². The summed E-state index contributed by atoms with van der Waals surface area (Å²) in [6.45, 7) is 1.41. The number of rotatable bonds is 9. The molecule has 1 aliphatic rings. The number of nitrogens with one attached hydrogen (secondary N) is 2. The van der Waals surface area contributed by atoms with Crippen molar-refractivity contribution in [2.45, 2.75) is 51.0 Å². The molecule has 0 aromatic heterocycles. The number of nitrogens with zero attached hydrogens (tertiary/aromatic N) is 1. The number of hydrogen-bond donors (Lipinski definition) is 2. The second-order valence-corrected chi connectivity index (χ2v) is 7.40. The van der Waals surface area contributed by atoms with E-state index in [0.29, 0.717) is 49.4 Å². The van der Waals surface area contributed by atoms with Crippen LogP contribution in [0.3, 0.4) is 0 Å². The van der Waals surface area contributed by atoms with Crippen molar-refractivity contribution in [3.63, 3.8) is 0 Å². The van der Waals surface area contributed by atoms with Crippen LogP contribution in [-0.4, -0.2) is 49.6 Å². The van der Waals surface area contributed by atoms with Crippen molar-refractivity contribution in [3.05, 3.63) is 29.3 Å². The Hall–Kier alpha value is -1.95. The van der Waals surface area contributed by atoms with Gasteiger partial charge in [-0.2, -0.15) is 0 Å². The summed E-state index contributed by atoms with van der Waals surface area (Å²) >= 11 is 5.91. The van der Waals surface area contributed by atoms with Crippen LogP contribution >= 0.6 is 11.6 Å². The zero-order valence-electron chi connectivity index (χ0n) is 16.0. The topological polar surface area (TPSA) is 70.7 Å². The van der Waals surface area contributed by atoms with Gasteiger partial charge in [-0.25, -0.2) is 4.79 Å². The lowest BCUT2D eigenvalue weighted by molar-refractivity contribution is -0.130. The number of benzene rings is 1. The van der Waals surface area contributed by atoms with Crippen molar-refractivity contribution in [2.24, 2.45) is 0 Å². The SMILES string of the molecule is CN(CCOc1cccc(Cl)c1)C(=O)CCCNC(=O)NC1CCCCC1. The van der Waals surface area contributed by atoms with Gasteiger partial charge in [0.1, 0.15) is 12.4 Å². The van der Waals surface area contributed by atoms with E-state index in [1.807, 2.05) is 12.1 Å². The number of likely N-dealkylation sites (N-methyl/N-ethyl adjacent to an activating group) is 1. The Labute approximate surface area is 166 Å². The number of hydrogen-bond acceptors (Lipinski definition) is 3. The fourth-order valence-electron chi connectivity index (χ4n) is 3.10. The van der Waals surface area contributed by atoms with Gasteiger partial charge in [-0.3, -0.25) is 4.79 Å². The summed E-state index contributed by atoms with van der Waals surface area (Å²) in [6.07, 6.45) is 6.79. The number of ether oxygens (including phenoxy) is 1. The molecule has 27 heavy (non-hydrogen) atoms. The molecule has 0 spiro atoms. The van der Waals surface area contributed by atoms with Gasteiger partial charge in [0, 0.05) is 31.1 Å². The van der Waals surface area contributed by atoms with Crippen LogP contribution in [-0.2, 0) is 4.79 Å². The van der Waals surface area contributed by atoms with Gasteiger partial charge in [0.15, 0.2) is 0 Å². The van der Waals surface area contributed by atoms with E-state index in [1.165, 1.54) is 19.3 Å². The molecule has 6 nitrogen and oxygen atoms in total. The summed E-state index contributed by atoms with van der Waals surface area (Å²) in [6, 6.07) is 7.35. The Kier molecular flexibility index (Phi) is 9.25. The summed E-state index contributed by atoms with van der Waals surface area (Å²) in [7, 11) is 1.76. The molecular weight excluding hydrogens is 366 g/mol. The Morgan fingerprint density at radius 3 is 2.78 bits per heavy atom. The van der Waals surface area contributed by atoms with Crippen LogP contribution in [0.15, 0.2) is 24.3 Å². The van der Waals surface area contributed by atoms with Gasteiger partial charge in [0.2, 0.25) is 5.91 Å². The Balaban J connectivity index is 1.53. The lowest BCUT2D eigenvalue weighted by Crippen LogP contribution is -2.43. The first-order valence-electron chi connectivity index (χ1n) is 9.71. The van der Waals surface area contributed by atoms with Crippen LogP contribution in [0.5, 0.6) is 5.75 Å². The second kappa shape index (κ2) is 11.7. The van der Waals surface area contributed by atoms with E-state index in [9.17, 15) is 9.59 Å². The fraction of sp³-hybridized carbons (Fsp3) is 0.600. The van der Waals surface area contributed by atoms with Gasteiger partial charge in [0.05, 0.1) is 6.54 Å². The maximum absolute atomic E-state index is 12.1. The van der Waals surface area contributed by atoms with E-state index in [-0.39, 0.29) is 11.9 Å². The normalized spacial score (nSPS) is 14.4. The van der Waals surface area contributed by atoms with E-state index in [4.69, 9.17) is 16.3 Å². The van der Waals surface area contributed by atoms with Crippen molar-refractivity contribution in [2.75, 3.05) is 26.7 Å². The summed E-state index contributed by atoms with van der Waals surface area (Å²) < 4.78 is 5.59. The van der Waals surface area contributed by atoms with Crippen LogP contribution in [0.25, 0.3) is 0 Å². The average molecular weight is 396 g/mol. The van der Waals surface area contributed by atoms with E-state index in [1.54, 1.807) is 24.1 Å². The van der Waals surface area contributed by atoms with Crippen LogP contribution in [0.4, 0.5) is 4.79 Å². The minimum Gasteiger partial charge on any atom is -0.492 e. The van der Waals surface area contributed by atoms with Crippen molar-refractivity contribution < 1.29 is 14.3 Å². The second-order valence-electron chi connectivity index (χ2n) is 6.96. The first kappa shape index (κ1) is 21.4. The highest BCUT2D eigenvalue weighted by Crippen LogP contribution is 2.17. The molecule has 1 aliphatic carbocycles. The summed E-state index contributed by atoms with van der Waals surface area (Å²) in [5.74, 6) is 0.732. The summed E-state index contributed by atoms with van der Waals surface area (Å²) in [4.78, 5) is 25.6. The highest BCUT2D eigenvalue weighted by Gasteiger charge is 2.15. The molecule has 0 aliphatic heterocycles. The summed E-state index contributed by atoms with van der Waals surface area (Å²) in [5.41, 5.74) is 0. The molecule has 0 bridgehead atoms. The van der Waals surface area contributed by atoms with Crippen molar-refractivity contribution in [3.8, 4) is 5.75 Å². The average Bonchev–Trinajstić information content (AvgIpc) is 2.66. The Bertz CT molecular complexity index is 606. The zero-order chi connectivity index (χ0) is 19.5. The molecule has 0 saturated heterocycles. The fourth-order valence-corrected chi connectivity index (χ4v) is 3.28. The van der Waals surface area contributed by atoms with E-state index < -0.39 is 0 Å². The van der Waals surface area contributed by atoms with Crippen LogP contribution in [0.1, 0.15) is 44.9 Å². The standard InChI is InChI=1S/C20H30ClN3O3/c1-24(13-14-27-18-10-5-7-16(21)15-18)19(25)11-6-12-22-20(26)23-17-8-3-2-4-9-17/h5,7,10,15,17H,2-4,6,8-9,11-14H2,1H3,(H2,22,23,26). The molecule has 150 valence electrons. The Morgan fingerprint density at radius 2 is 2.04 bits per heavy atom. The minimum atomic E-state index is -0.127. The molecule has 0 heterocycles. The molecule has 0 unspecified atom stereocenters. The number of carbonyl (C=O) groups is 2. The largest absolute Gasteiger partial charge is 0.492 e. The lowest BCUT2D eigenvalue weighted by Gasteiger charge is -2.23. The van der Waals surface area contributed by atoms with Gasteiger partial charge < -0.3 is 20.3 Å². The predicted molar refractivity (Wildman–Crippen MR) is 107 cm³/mol. The highest BCUT2D eigenvalue weighted by atomic mass is 35.5. The minimum absolute atomic E-state index is 0.0409. The first-order chi connectivity index (χ1) is 13.0. The number of amides is 3. The molecule has 1 fully saturated rings. The van der Waals surface area contributed by atoms with E-state index in [0.717, 1.165) is 12.8 Å². The molecule has 0 radical (unpaired) electrons. The first-order valence-corrected chi connectivity index (χ1v) is 10.1. The van der Waals surface area contributed by atoms with Crippen molar-refractivity contribution >= 4 is 23.5 Å². The van der Waals surface area contributed by atoms with E-state index >= 15 is 0 Å². The molecule has 1 saturated carbocycles. The molecule has 2 N–H and O–H groups in total. The van der Waals surface area contributed by atoms with Crippen molar-refractivity contribution in [1.82, 2.24) is 15.5 Å². The highest BCUT2D eigenvalue weighted by molar-refractivity contribution is 6.30. The van der Waals surface area contributed by atoms with Gasteiger partial charge >= 0.3 is 6.03 Å². The van der Waals surface area contributed by atoms with Crippen LogP contribution in [0.2, 0.25) is 5.02 Å². The van der Waals surface area contributed by atoms with Crippen molar-refractivity contribution in [1.29, 1.82) is 0 Å². The van der Waals surface area contributed by atoms with Gasteiger partial charge in [-0.05, 0) is 37.5 Å². The molecule has 1 aromatic carbocycles. The molecule has 7 heteroatoms. The van der Waals surface area contributed by atoms with Gasteiger partial charge in [0.25, 0.3) is 0 Å². The van der Waals surface area contributed by atoms with Gasteiger partial charge in [-0.1, -0.05) is 36.9 Å². The molecule has 1 aromatic rings. The quantitative estimate of drug-likeness (QED) is 0.627. The molecule has 0 atom stereocenters. The smallest absolute Gasteiger partial charge is 0.315 e. The summed E-state index contributed by atoms with van der Waals surface area (Å²) in [5, 5.41) is 6.46. The molecular formula is C20H30ClN3O3. The third kappa shape index (κ3) is 8.52. The monoisotopic (exact) mass is 395 g/mol. The number of halogens is 1. The third-order valence-electron chi connectivity index (χ3n) is 4.71. The number of urea groups is 1. The number of carbonyl (C=O) groups excluding carboxylic acids is 2. The van der Waals surface area contributed by atoms with Crippen LogP contribution < -0.4 is 15.4 Å². The lowest BCUT2D eigenvalue weighted by atomic mass is 9.96. The third-order valence-corrected chi connectivity index (χ3v) is 4.95.